The monoisotopic (exact) mass is 339 g/mol. The minimum Gasteiger partial charge on any atom is -0.484 e. The van der Waals surface area contributed by atoms with Gasteiger partial charge in [0.2, 0.25) is 0 Å². The second-order valence-electron chi connectivity index (χ2n) is 5.60. The largest absolute Gasteiger partial charge is 0.484 e. The zero-order valence-electron chi connectivity index (χ0n) is 13.8. The molecule has 25 heavy (non-hydrogen) atoms. The van der Waals surface area contributed by atoms with Crippen LogP contribution in [0.3, 0.4) is 0 Å². The number of hydrogen-bond donors (Lipinski definition) is 1. The van der Waals surface area contributed by atoms with Crippen molar-refractivity contribution < 1.29 is 13.9 Å². The second kappa shape index (κ2) is 7.61. The summed E-state index contributed by atoms with van der Waals surface area (Å²) in [6, 6.07) is 17.2. The molecule has 0 unspecified atom stereocenters. The van der Waals surface area contributed by atoms with Crippen LogP contribution >= 0.6 is 0 Å². The number of benzene rings is 2. The fourth-order valence-corrected chi connectivity index (χ4v) is 2.34. The molecule has 1 heterocycles. The Labute approximate surface area is 145 Å². The normalized spacial score (nSPS) is 10.5. The Morgan fingerprint density at radius 1 is 1.16 bits per heavy atom. The molecule has 0 saturated carbocycles. The molecule has 0 aliphatic heterocycles. The van der Waals surface area contributed by atoms with Crippen LogP contribution in [0.15, 0.2) is 60.7 Å². The average Bonchev–Trinajstić information content (AvgIpc) is 2.95. The van der Waals surface area contributed by atoms with Crippen LogP contribution in [0.1, 0.15) is 11.3 Å². The van der Waals surface area contributed by atoms with Gasteiger partial charge in [0, 0.05) is 11.8 Å². The van der Waals surface area contributed by atoms with E-state index in [1.165, 1.54) is 12.1 Å². The third kappa shape index (κ3) is 4.67. The van der Waals surface area contributed by atoms with Gasteiger partial charge in [-0.05, 0) is 36.8 Å². The molecular formula is C19H18FN3O2. The van der Waals surface area contributed by atoms with Crippen LogP contribution in [0, 0.1) is 12.7 Å². The molecule has 0 saturated heterocycles. The third-order valence-corrected chi connectivity index (χ3v) is 3.61. The van der Waals surface area contributed by atoms with Crippen molar-refractivity contribution in [2.75, 3.05) is 11.9 Å². The lowest BCUT2D eigenvalue weighted by Crippen LogP contribution is -2.20. The number of carbonyl (C=O) groups excluding carboxylic acids is 1. The maximum Gasteiger partial charge on any atom is 0.263 e. The lowest BCUT2D eigenvalue weighted by atomic mass is 10.2. The minimum atomic E-state index is -0.282. The molecular weight excluding hydrogens is 321 g/mol. The van der Waals surface area contributed by atoms with Crippen LogP contribution < -0.4 is 10.1 Å². The molecule has 3 rings (SSSR count). The number of ether oxygens (including phenoxy) is 1. The first kappa shape index (κ1) is 16.7. The van der Waals surface area contributed by atoms with Crippen LogP contribution in [-0.4, -0.2) is 22.3 Å². The van der Waals surface area contributed by atoms with E-state index < -0.39 is 0 Å². The van der Waals surface area contributed by atoms with Gasteiger partial charge < -0.3 is 10.1 Å². The maximum absolute atomic E-state index is 13.0. The van der Waals surface area contributed by atoms with Gasteiger partial charge in [-0.3, -0.25) is 9.48 Å². The van der Waals surface area contributed by atoms with Crippen molar-refractivity contribution >= 4 is 11.7 Å². The Morgan fingerprint density at radius 2 is 1.88 bits per heavy atom. The average molecular weight is 339 g/mol. The van der Waals surface area contributed by atoms with Crippen LogP contribution in [0.4, 0.5) is 10.2 Å². The van der Waals surface area contributed by atoms with E-state index in [2.05, 4.69) is 10.4 Å². The molecule has 0 aliphatic rings. The summed E-state index contributed by atoms with van der Waals surface area (Å²) in [5, 5.41) is 7.07. The predicted molar refractivity (Wildman–Crippen MR) is 93.0 cm³/mol. The van der Waals surface area contributed by atoms with Crippen LogP contribution in [-0.2, 0) is 11.3 Å². The van der Waals surface area contributed by atoms with Gasteiger partial charge in [0.25, 0.3) is 5.91 Å². The molecule has 6 heteroatoms. The number of aryl methyl sites for hydroxylation is 1. The SMILES string of the molecule is Cc1cc(NC(=O)COc2ccccc2)nn1Cc1ccc(F)cc1. The van der Waals surface area contributed by atoms with Gasteiger partial charge in [-0.2, -0.15) is 5.10 Å². The lowest BCUT2D eigenvalue weighted by molar-refractivity contribution is -0.118. The first-order valence-electron chi connectivity index (χ1n) is 7.87. The van der Waals surface area contributed by atoms with E-state index in [0.29, 0.717) is 18.1 Å². The summed E-state index contributed by atoms with van der Waals surface area (Å²) in [6.45, 7) is 2.31. The van der Waals surface area contributed by atoms with Crippen molar-refractivity contribution in [3.05, 3.63) is 77.7 Å². The summed E-state index contributed by atoms with van der Waals surface area (Å²) in [6.07, 6.45) is 0. The molecule has 0 spiro atoms. The van der Waals surface area contributed by atoms with Crippen LogP contribution in [0.2, 0.25) is 0 Å². The topological polar surface area (TPSA) is 56.1 Å². The van der Waals surface area contributed by atoms with Gasteiger partial charge in [-0.25, -0.2) is 4.39 Å². The zero-order valence-corrected chi connectivity index (χ0v) is 13.8. The number of aromatic nitrogens is 2. The van der Waals surface area contributed by atoms with Crippen molar-refractivity contribution in [1.29, 1.82) is 0 Å². The van der Waals surface area contributed by atoms with Crippen molar-refractivity contribution in [2.45, 2.75) is 13.5 Å². The van der Waals surface area contributed by atoms with Gasteiger partial charge >= 0.3 is 0 Å². The first-order chi connectivity index (χ1) is 12.1. The highest BCUT2D eigenvalue weighted by Gasteiger charge is 2.09. The molecule has 1 amide bonds. The number of halogens is 1. The third-order valence-electron chi connectivity index (χ3n) is 3.61. The van der Waals surface area contributed by atoms with E-state index in [0.717, 1.165) is 11.3 Å². The summed E-state index contributed by atoms with van der Waals surface area (Å²) in [5.74, 6) is 0.541. The lowest BCUT2D eigenvalue weighted by Gasteiger charge is -2.06. The van der Waals surface area contributed by atoms with Gasteiger partial charge in [0.05, 0.1) is 6.54 Å². The maximum atomic E-state index is 13.0. The fraction of sp³-hybridized carbons (Fsp3) is 0.158. The van der Waals surface area contributed by atoms with E-state index >= 15 is 0 Å². The number of amides is 1. The Hall–Kier alpha value is -3.15. The minimum absolute atomic E-state index is 0.0894. The van der Waals surface area contributed by atoms with Gasteiger partial charge in [0.1, 0.15) is 11.6 Å². The molecule has 1 N–H and O–H groups in total. The van der Waals surface area contributed by atoms with Crippen molar-refractivity contribution in [3.63, 3.8) is 0 Å². The highest BCUT2D eigenvalue weighted by molar-refractivity contribution is 5.90. The highest BCUT2D eigenvalue weighted by atomic mass is 19.1. The summed E-state index contributed by atoms with van der Waals surface area (Å²) < 4.78 is 20.1. The number of anilines is 1. The van der Waals surface area contributed by atoms with Gasteiger partial charge in [-0.15, -0.1) is 0 Å². The van der Waals surface area contributed by atoms with E-state index in [4.69, 9.17) is 4.74 Å². The molecule has 0 radical (unpaired) electrons. The number of nitrogens with one attached hydrogen (secondary N) is 1. The highest BCUT2D eigenvalue weighted by Crippen LogP contribution is 2.12. The number of hydrogen-bond acceptors (Lipinski definition) is 3. The number of para-hydroxylation sites is 1. The Morgan fingerprint density at radius 3 is 2.60 bits per heavy atom. The van der Waals surface area contributed by atoms with E-state index in [1.807, 2.05) is 25.1 Å². The molecule has 1 aromatic heterocycles. The first-order valence-corrected chi connectivity index (χ1v) is 7.87. The van der Waals surface area contributed by atoms with Crippen LogP contribution in [0.5, 0.6) is 5.75 Å². The fourth-order valence-electron chi connectivity index (χ4n) is 2.34. The Balaban J connectivity index is 1.58. The summed E-state index contributed by atoms with van der Waals surface area (Å²) >= 11 is 0. The molecule has 5 nitrogen and oxygen atoms in total. The Bertz CT molecular complexity index is 845. The quantitative estimate of drug-likeness (QED) is 0.749. The zero-order chi connectivity index (χ0) is 17.6. The molecule has 0 aliphatic carbocycles. The van der Waals surface area contributed by atoms with Gasteiger partial charge in [-0.1, -0.05) is 30.3 Å². The van der Waals surface area contributed by atoms with E-state index in [9.17, 15) is 9.18 Å². The number of nitrogens with zero attached hydrogens (tertiary/aromatic N) is 2. The van der Waals surface area contributed by atoms with Crippen molar-refractivity contribution in [3.8, 4) is 5.75 Å². The molecule has 0 bridgehead atoms. The van der Waals surface area contributed by atoms with E-state index in [1.54, 1.807) is 35.0 Å². The summed E-state index contributed by atoms with van der Waals surface area (Å²) in [7, 11) is 0. The molecule has 3 aromatic rings. The summed E-state index contributed by atoms with van der Waals surface area (Å²) in [4.78, 5) is 12.0. The molecule has 128 valence electrons. The van der Waals surface area contributed by atoms with Crippen molar-refractivity contribution in [1.82, 2.24) is 9.78 Å². The standard InChI is InChI=1S/C19H18FN3O2/c1-14-11-18(21-19(24)13-25-17-5-3-2-4-6-17)22-23(14)12-15-7-9-16(20)10-8-15/h2-11H,12-13H2,1H3,(H,21,22,24). The number of rotatable bonds is 6. The molecule has 0 atom stereocenters. The summed E-state index contributed by atoms with van der Waals surface area (Å²) in [5.41, 5.74) is 1.82. The van der Waals surface area contributed by atoms with Crippen LogP contribution in [0.25, 0.3) is 0 Å². The van der Waals surface area contributed by atoms with Crippen molar-refractivity contribution in [2.24, 2.45) is 0 Å². The van der Waals surface area contributed by atoms with E-state index in [-0.39, 0.29) is 18.3 Å². The smallest absolute Gasteiger partial charge is 0.263 e. The predicted octanol–water partition coefficient (Wildman–Crippen LogP) is 3.40. The molecule has 0 fully saturated rings. The molecule has 2 aromatic carbocycles. The second-order valence-corrected chi connectivity index (χ2v) is 5.60. The Kier molecular flexibility index (Phi) is 5.09. The van der Waals surface area contributed by atoms with Gasteiger partial charge in [0.15, 0.2) is 12.4 Å². The number of carbonyl (C=O) groups is 1.